The maximum Gasteiger partial charge on any atom is 0.219 e. The topological polar surface area (TPSA) is 99.5 Å². The molecule has 0 spiro atoms. The number of hydrogen-bond acceptors (Lipinski definition) is 6. The molecule has 1 saturated heterocycles. The zero-order valence-corrected chi connectivity index (χ0v) is 15.5. The average molecular weight is 360 g/mol. The van der Waals surface area contributed by atoms with Gasteiger partial charge in [-0.3, -0.25) is 9.59 Å². The first kappa shape index (κ1) is 21.8. The Morgan fingerprint density at radius 3 is 2.20 bits per heavy atom. The monoisotopic (exact) mass is 360 g/mol. The molecular formula is C17H32N2O6. The Morgan fingerprint density at radius 1 is 1.00 bits per heavy atom. The molecule has 1 aliphatic rings. The van der Waals surface area contributed by atoms with Gasteiger partial charge in [-0.15, -0.1) is 0 Å². The highest BCUT2D eigenvalue weighted by molar-refractivity contribution is 5.73. The normalized spacial score (nSPS) is 28.1. The third kappa shape index (κ3) is 7.68. The number of ether oxygens (including phenoxy) is 2. The van der Waals surface area contributed by atoms with Crippen LogP contribution in [0.25, 0.3) is 0 Å². The van der Waals surface area contributed by atoms with Crippen molar-refractivity contribution in [2.75, 3.05) is 46.5 Å². The Bertz CT molecular complexity index is 420. The Kier molecular flexibility index (Phi) is 9.96. The van der Waals surface area contributed by atoms with Gasteiger partial charge in [-0.25, -0.2) is 0 Å². The number of hydrogen-bond donors (Lipinski definition) is 2. The Balaban J connectivity index is 2.81. The Morgan fingerprint density at radius 2 is 1.60 bits per heavy atom. The van der Waals surface area contributed by atoms with Crippen molar-refractivity contribution < 1.29 is 29.3 Å². The summed E-state index contributed by atoms with van der Waals surface area (Å²) in [6.45, 7) is 5.29. The maximum atomic E-state index is 11.9. The van der Waals surface area contributed by atoms with Crippen molar-refractivity contribution in [3.8, 4) is 0 Å². The molecule has 8 nitrogen and oxygen atoms in total. The average Bonchev–Trinajstić information content (AvgIpc) is 2.57. The smallest absolute Gasteiger partial charge is 0.219 e. The van der Waals surface area contributed by atoms with Crippen LogP contribution in [-0.4, -0.2) is 96.6 Å². The van der Waals surface area contributed by atoms with E-state index in [1.165, 1.54) is 14.0 Å². The molecule has 0 aliphatic carbocycles. The summed E-state index contributed by atoms with van der Waals surface area (Å²) in [6.07, 6.45) is -0.736. The summed E-state index contributed by atoms with van der Waals surface area (Å²) in [5.74, 6) is -0.126. The van der Waals surface area contributed by atoms with Gasteiger partial charge in [0.05, 0.1) is 6.61 Å². The number of amides is 2. The molecule has 0 aromatic carbocycles. The van der Waals surface area contributed by atoms with Crippen LogP contribution in [0.2, 0.25) is 0 Å². The van der Waals surface area contributed by atoms with Gasteiger partial charge in [0, 0.05) is 53.7 Å². The summed E-state index contributed by atoms with van der Waals surface area (Å²) in [5.41, 5.74) is 0. The van der Waals surface area contributed by atoms with E-state index in [0.29, 0.717) is 32.7 Å². The second kappa shape index (κ2) is 11.4. The van der Waals surface area contributed by atoms with Crippen molar-refractivity contribution in [2.24, 2.45) is 0 Å². The fraction of sp³-hybridized carbons (Fsp3) is 0.882. The van der Waals surface area contributed by atoms with Gasteiger partial charge in [-0.05, 0) is 19.3 Å². The second-order valence-electron chi connectivity index (χ2n) is 6.44. The molecule has 1 rings (SSSR count). The lowest BCUT2D eigenvalue weighted by Gasteiger charge is -2.31. The molecule has 0 aromatic rings. The summed E-state index contributed by atoms with van der Waals surface area (Å²) in [4.78, 5) is 26.9. The van der Waals surface area contributed by atoms with Gasteiger partial charge in [0.1, 0.15) is 18.3 Å². The first-order chi connectivity index (χ1) is 11.9. The minimum Gasteiger partial charge on any atom is -0.388 e. The van der Waals surface area contributed by atoms with Crippen LogP contribution in [0.3, 0.4) is 0 Å². The third-order valence-corrected chi connectivity index (χ3v) is 4.48. The zero-order valence-electron chi connectivity index (χ0n) is 15.5. The van der Waals surface area contributed by atoms with Crippen molar-refractivity contribution >= 4 is 11.8 Å². The van der Waals surface area contributed by atoms with Crippen molar-refractivity contribution in [3.05, 3.63) is 0 Å². The number of aliphatic hydroxyl groups is 2. The molecule has 0 saturated carbocycles. The van der Waals surface area contributed by atoms with E-state index in [0.717, 1.165) is 12.8 Å². The van der Waals surface area contributed by atoms with E-state index in [4.69, 9.17) is 9.47 Å². The van der Waals surface area contributed by atoms with E-state index in [1.807, 2.05) is 0 Å². The standard InChI is InChI=1S/C17H32N2O6/c1-13(20)18-7-4-5-10-25-12-15(22)17(23)16(24-3)11-19(14(2)21)9-6-8-18/h15-17,22-23H,4-12H2,1-3H3/t15-,16-,17-/m0/s1. The number of aliphatic hydroxyl groups excluding tert-OH is 2. The first-order valence-corrected chi connectivity index (χ1v) is 8.84. The molecule has 2 N–H and O–H groups in total. The molecule has 1 heterocycles. The van der Waals surface area contributed by atoms with Gasteiger partial charge >= 0.3 is 0 Å². The number of carbonyl (C=O) groups is 2. The van der Waals surface area contributed by atoms with Gasteiger partial charge in [-0.1, -0.05) is 0 Å². The molecular weight excluding hydrogens is 328 g/mol. The van der Waals surface area contributed by atoms with Crippen molar-refractivity contribution in [1.29, 1.82) is 0 Å². The predicted molar refractivity (Wildman–Crippen MR) is 92.0 cm³/mol. The van der Waals surface area contributed by atoms with E-state index in [9.17, 15) is 19.8 Å². The summed E-state index contributed by atoms with van der Waals surface area (Å²) < 4.78 is 10.7. The molecule has 146 valence electrons. The summed E-state index contributed by atoms with van der Waals surface area (Å²) in [7, 11) is 1.44. The van der Waals surface area contributed by atoms with E-state index >= 15 is 0 Å². The molecule has 0 bridgehead atoms. The fourth-order valence-corrected chi connectivity index (χ4v) is 2.85. The number of nitrogens with zero attached hydrogens (tertiary/aromatic N) is 2. The molecule has 1 aliphatic heterocycles. The minimum absolute atomic E-state index is 0.00246. The predicted octanol–water partition coefficient (Wildman–Crippen LogP) is -0.379. The Hall–Kier alpha value is -1.22. The maximum absolute atomic E-state index is 11.9. The largest absolute Gasteiger partial charge is 0.388 e. The van der Waals surface area contributed by atoms with Gasteiger partial charge in [0.15, 0.2) is 0 Å². The molecule has 2 amide bonds. The molecule has 0 radical (unpaired) electrons. The number of carbonyl (C=O) groups excluding carboxylic acids is 2. The third-order valence-electron chi connectivity index (χ3n) is 4.48. The lowest BCUT2D eigenvalue weighted by Crippen LogP contribution is -2.48. The lowest BCUT2D eigenvalue weighted by atomic mass is 10.1. The van der Waals surface area contributed by atoms with Crippen LogP contribution >= 0.6 is 0 Å². The molecule has 25 heavy (non-hydrogen) atoms. The number of rotatable bonds is 1. The minimum atomic E-state index is -1.15. The molecule has 0 aromatic heterocycles. The van der Waals surface area contributed by atoms with Crippen LogP contribution in [0, 0.1) is 0 Å². The highest BCUT2D eigenvalue weighted by atomic mass is 16.5. The van der Waals surface area contributed by atoms with E-state index in [2.05, 4.69) is 0 Å². The zero-order chi connectivity index (χ0) is 18.8. The van der Waals surface area contributed by atoms with Gasteiger partial charge in [0.25, 0.3) is 0 Å². The molecule has 1 fully saturated rings. The van der Waals surface area contributed by atoms with Crippen molar-refractivity contribution in [3.63, 3.8) is 0 Å². The van der Waals surface area contributed by atoms with E-state index < -0.39 is 18.3 Å². The van der Waals surface area contributed by atoms with Crippen LogP contribution < -0.4 is 0 Å². The van der Waals surface area contributed by atoms with Crippen LogP contribution in [0.4, 0.5) is 0 Å². The molecule has 8 heteroatoms. The number of methoxy groups -OCH3 is 1. The first-order valence-electron chi connectivity index (χ1n) is 8.84. The SMILES string of the molecule is CO[C@H]1CN(C(C)=O)CCCN(C(C)=O)CCCCOC[C@H](O)[C@@H]1O. The van der Waals surface area contributed by atoms with E-state index in [1.54, 1.807) is 16.7 Å². The van der Waals surface area contributed by atoms with Crippen LogP contribution in [0.1, 0.15) is 33.1 Å². The van der Waals surface area contributed by atoms with Crippen LogP contribution in [-0.2, 0) is 19.1 Å². The van der Waals surface area contributed by atoms with E-state index in [-0.39, 0.29) is 25.0 Å². The van der Waals surface area contributed by atoms with Crippen LogP contribution in [0.15, 0.2) is 0 Å². The van der Waals surface area contributed by atoms with Gasteiger partial charge in [0.2, 0.25) is 11.8 Å². The molecule has 3 atom stereocenters. The summed E-state index contributed by atoms with van der Waals surface area (Å²) in [5, 5.41) is 20.3. The van der Waals surface area contributed by atoms with Crippen molar-refractivity contribution in [2.45, 2.75) is 51.4 Å². The fourth-order valence-electron chi connectivity index (χ4n) is 2.85. The van der Waals surface area contributed by atoms with Gasteiger partial charge in [-0.2, -0.15) is 0 Å². The summed E-state index contributed by atoms with van der Waals surface area (Å²) in [6, 6.07) is 0. The second-order valence-corrected chi connectivity index (χ2v) is 6.44. The van der Waals surface area contributed by atoms with Gasteiger partial charge < -0.3 is 29.5 Å². The lowest BCUT2D eigenvalue weighted by molar-refractivity contribution is -0.136. The van der Waals surface area contributed by atoms with Crippen molar-refractivity contribution in [1.82, 2.24) is 9.80 Å². The van der Waals surface area contributed by atoms with Crippen LogP contribution in [0.5, 0.6) is 0 Å². The summed E-state index contributed by atoms with van der Waals surface area (Å²) >= 11 is 0. The highest BCUT2D eigenvalue weighted by Gasteiger charge is 2.29. The molecule has 0 unspecified atom stereocenters. The highest BCUT2D eigenvalue weighted by Crippen LogP contribution is 2.10. The quantitative estimate of drug-likeness (QED) is 0.661. The Labute approximate surface area is 149 Å².